The molecule has 0 fully saturated rings. The normalized spacial score (nSPS) is 11.8. The summed E-state index contributed by atoms with van der Waals surface area (Å²) < 4.78 is 4.54. The highest BCUT2D eigenvalue weighted by Crippen LogP contribution is 2.42. The van der Waals surface area contributed by atoms with Crippen molar-refractivity contribution in [1.82, 2.24) is 54.0 Å². The van der Waals surface area contributed by atoms with Crippen molar-refractivity contribution >= 4 is 65.9 Å². The van der Waals surface area contributed by atoms with Crippen molar-refractivity contribution in [2.75, 3.05) is 0 Å². The predicted molar refractivity (Wildman–Crippen MR) is 201 cm³/mol. The molecular formula is C41H23N11. The van der Waals surface area contributed by atoms with Crippen molar-refractivity contribution in [2.24, 2.45) is 0 Å². The van der Waals surface area contributed by atoms with Gasteiger partial charge in [0.05, 0.1) is 58.7 Å². The van der Waals surface area contributed by atoms with Crippen LogP contribution in [-0.4, -0.2) is 54.0 Å². The molecule has 0 aliphatic rings. The van der Waals surface area contributed by atoms with Crippen LogP contribution in [0.15, 0.2) is 141 Å². The first kappa shape index (κ1) is 28.3. The highest BCUT2D eigenvalue weighted by Gasteiger charge is 2.22. The monoisotopic (exact) mass is 669 g/mol. The molecule has 11 heteroatoms. The van der Waals surface area contributed by atoms with Gasteiger partial charge in [0.2, 0.25) is 0 Å². The number of hydrogen-bond acceptors (Lipinski definition) is 9. The van der Waals surface area contributed by atoms with E-state index >= 15 is 0 Å². The highest BCUT2D eigenvalue weighted by molar-refractivity contribution is 6.26. The molecule has 0 N–H and O–H groups in total. The number of nitrogens with zero attached hydrogens (tertiary/aromatic N) is 11. The first-order chi connectivity index (χ1) is 25.8. The van der Waals surface area contributed by atoms with Crippen molar-refractivity contribution in [1.29, 1.82) is 0 Å². The highest BCUT2D eigenvalue weighted by atomic mass is 15.1. The summed E-state index contributed by atoms with van der Waals surface area (Å²) in [5, 5.41) is 4.48. The van der Waals surface area contributed by atoms with Gasteiger partial charge in [-0.15, -0.1) is 0 Å². The first-order valence-corrected chi connectivity index (χ1v) is 16.7. The molecule has 11 nitrogen and oxygen atoms in total. The fourth-order valence-electron chi connectivity index (χ4n) is 7.31. The summed E-state index contributed by atoms with van der Waals surface area (Å²) >= 11 is 0. The Hall–Kier alpha value is -7.53. The third kappa shape index (κ3) is 4.23. The van der Waals surface area contributed by atoms with Gasteiger partial charge < -0.3 is 4.57 Å². The van der Waals surface area contributed by atoms with Gasteiger partial charge in [-0.1, -0.05) is 54.6 Å². The Bertz CT molecular complexity index is 3220. The Balaban J connectivity index is 1.17. The smallest absolute Gasteiger partial charge is 0.181 e. The lowest BCUT2D eigenvalue weighted by atomic mass is 10.1. The summed E-state index contributed by atoms with van der Waals surface area (Å²) in [5.41, 5.74) is 10.7. The molecule has 0 aliphatic carbocycles. The summed E-state index contributed by atoms with van der Waals surface area (Å²) in [6.07, 6.45) is 11.9. The average molecular weight is 670 g/mol. The van der Waals surface area contributed by atoms with Crippen LogP contribution < -0.4 is 0 Å². The van der Waals surface area contributed by atoms with E-state index in [4.69, 9.17) is 15.0 Å². The SMILES string of the molecule is c1cc(-c2cnc3ncncc3n2)cc(-n2c3ccccc3c3c2ccc2c4ccccc4n(-c4cncc(-c5cnc6ncccc6n5)n4)c23)c1. The number of aromatic nitrogens is 11. The number of rotatable bonds is 4. The molecule has 7 heterocycles. The minimum atomic E-state index is 0.564. The number of hydrogen-bond donors (Lipinski definition) is 0. The van der Waals surface area contributed by atoms with Gasteiger partial charge in [-0.25, -0.2) is 39.9 Å². The molecule has 11 rings (SSSR count). The van der Waals surface area contributed by atoms with Gasteiger partial charge in [0.1, 0.15) is 28.7 Å². The topological polar surface area (TPSA) is 126 Å². The molecule has 0 saturated carbocycles. The fraction of sp³-hybridized carbons (Fsp3) is 0. The van der Waals surface area contributed by atoms with E-state index in [0.29, 0.717) is 39.5 Å². The van der Waals surface area contributed by atoms with E-state index in [0.717, 1.165) is 60.6 Å². The molecule has 0 aliphatic heterocycles. The molecule has 52 heavy (non-hydrogen) atoms. The standard InChI is InChI=1S/C41H23N11/c1-3-12-34-26(9-1)27-14-15-36-38(39(27)52(34)37-22-42-18-31(50-37)32-21-46-40-29(48-32)11-6-16-44-40)28-10-2-4-13-35(28)51(36)25-8-5-7-24(17-25)30-20-45-41-33(49-30)19-43-23-47-41/h1-23H. The van der Waals surface area contributed by atoms with Crippen LogP contribution in [0.1, 0.15) is 0 Å². The Labute approximate surface area is 294 Å². The van der Waals surface area contributed by atoms with Gasteiger partial charge in [0, 0.05) is 39.0 Å². The second-order valence-corrected chi connectivity index (χ2v) is 12.5. The second kappa shape index (κ2) is 11.0. The van der Waals surface area contributed by atoms with E-state index < -0.39 is 0 Å². The Morgan fingerprint density at radius 2 is 1.25 bits per heavy atom. The van der Waals surface area contributed by atoms with Crippen LogP contribution in [0.25, 0.3) is 100 Å². The van der Waals surface area contributed by atoms with Gasteiger partial charge in [-0.3, -0.25) is 9.55 Å². The molecule has 0 atom stereocenters. The van der Waals surface area contributed by atoms with E-state index in [-0.39, 0.29) is 0 Å². The zero-order valence-electron chi connectivity index (χ0n) is 27.2. The minimum Gasteiger partial charge on any atom is -0.309 e. The van der Waals surface area contributed by atoms with Crippen LogP contribution in [0.5, 0.6) is 0 Å². The van der Waals surface area contributed by atoms with Crippen LogP contribution in [0.2, 0.25) is 0 Å². The van der Waals surface area contributed by atoms with Crippen LogP contribution in [0.4, 0.5) is 0 Å². The van der Waals surface area contributed by atoms with Gasteiger partial charge in [0.15, 0.2) is 17.1 Å². The Morgan fingerprint density at radius 3 is 2.17 bits per heavy atom. The van der Waals surface area contributed by atoms with Gasteiger partial charge >= 0.3 is 0 Å². The zero-order chi connectivity index (χ0) is 34.2. The first-order valence-electron chi connectivity index (χ1n) is 16.7. The van der Waals surface area contributed by atoms with Crippen molar-refractivity contribution in [3.8, 4) is 34.2 Å². The molecule has 0 radical (unpaired) electrons. The molecule has 7 aromatic heterocycles. The number of fused-ring (bicyclic) bond motifs is 9. The van der Waals surface area contributed by atoms with Gasteiger partial charge in [-0.05, 0) is 42.5 Å². The maximum atomic E-state index is 5.16. The summed E-state index contributed by atoms with van der Waals surface area (Å²) in [6, 6.07) is 33.5. The maximum absolute atomic E-state index is 5.16. The van der Waals surface area contributed by atoms with Crippen LogP contribution in [0.3, 0.4) is 0 Å². The van der Waals surface area contributed by atoms with E-state index in [1.807, 2.05) is 18.3 Å². The largest absolute Gasteiger partial charge is 0.309 e. The lowest BCUT2D eigenvalue weighted by Gasteiger charge is -2.11. The minimum absolute atomic E-state index is 0.564. The fourth-order valence-corrected chi connectivity index (χ4v) is 7.31. The summed E-state index contributed by atoms with van der Waals surface area (Å²) in [5.74, 6) is 0.682. The number of para-hydroxylation sites is 2. The zero-order valence-corrected chi connectivity index (χ0v) is 27.2. The molecule has 11 aromatic rings. The number of benzene rings is 4. The molecule has 0 bridgehead atoms. The van der Waals surface area contributed by atoms with E-state index in [2.05, 4.69) is 124 Å². The van der Waals surface area contributed by atoms with Gasteiger partial charge in [0.25, 0.3) is 0 Å². The lowest BCUT2D eigenvalue weighted by Crippen LogP contribution is -2.01. The van der Waals surface area contributed by atoms with Gasteiger partial charge in [-0.2, -0.15) is 0 Å². The summed E-state index contributed by atoms with van der Waals surface area (Å²) in [7, 11) is 0. The predicted octanol–water partition coefficient (Wildman–Crippen LogP) is 8.08. The van der Waals surface area contributed by atoms with E-state index in [1.54, 1.807) is 31.0 Å². The van der Waals surface area contributed by atoms with Crippen molar-refractivity contribution in [2.45, 2.75) is 0 Å². The van der Waals surface area contributed by atoms with Crippen LogP contribution in [0, 0.1) is 0 Å². The Morgan fingerprint density at radius 1 is 0.462 bits per heavy atom. The number of pyridine rings is 1. The third-order valence-electron chi connectivity index (χ3n) is 9.52. The molecule has 0 saturated heterocycles. The molecule has 0 unspecified atom stereocenters. The average Bonchev–Trinajstić information content (AvgIpc) is 3.73. The molecule has 0 amide bonds. The molecule has 4 aromatic carbocycles. The molecular weight excluding hydrogens is 647 g/mol. The third-order valence-corrected chi connectivity index (χ3v) is 9.52. The van der Waals surface area contributed by atoms with Crippen molar-refractivity contribution < 1.29 is 0 Å². The van der Waals surface area contributed by atoms with Crippen molar-refractivity contribution in [3.63, 3.8) is 0 Å². The van der Waals surface area contributed by atoms with Crippen LogP contribution in [-0.2, 0) is 0 Å². The van der Waals surface area contributed by atoms with Crippen LogP contribution >= 0.6 is 0 Å². The molecule has 242 valence electrons. The molecule has 0 spiro atoms. The Kier molecular flexibility index (Phi) is 5.99. The maximum Gasteiger partial charge on any atom is 0.181 e. The quantitative estimate of drug-likeness (QED) is 0.183. The summed E-state index contributed by atoms with van der Waals surface area (Å²) in [6.45, 7) is 0. The second-order valence-electron chi connectivity index (χ2n) is 12.5. The summed E-state index contributed by atoms with van der Waals surface area (Å²) in [4.78, 5) is 41.2. The van der Waals surface area contributed by atoms with Crippen molar-refractivity contribution in [3.05, 3.63) is 141 Å². The van der Waals surface area contributed by atoms with E-state index in [1.165, 1.54) is 6.33 Å². The lowest BCUT2D eigenvalue weighted by molar-refractivity contribution is 1.04. The van der Waals surface area contributed by atoms with E-state index in [9.17, 15) is 0 Å².